The summed E-state index contributed by atoms with van der Waals surface area (Å²) in [6, 6.07) is 7.00. The van der Waals surface area contributed by atoms with E-state index in [1.165, 1.54) is 6.07 Å². The van der Waals surface area contributed by atoms with Crippen LogP contribution in [-0.2, 0) is 11.3 Å². The van der Waals surface area contributed by atoms with E-state index in [0.29, 0.717) is 18.4 Å². The van der Waals surface area contributed by atoms with Crippen LogP contribution in [0.5, 0.6) is 0 Å². The Morgan fingerprint density at radius 3 is 2.47 bits per heavy atom. The zero-order chi connectivity index (χ0) is 21.3. The molecule has 170 valence electrons. The molecule has 1 heterocycles. The van der Waals surface area contributed by atoms with Gasteiger partial charge in [0.15, 0.2) is 5.96 Å². The first kappa shape index (κ1) is 26.6. The molecule has 1 aromatic carbocycles. The van der Waals surface area contributed by atoms with Crippen LogP contribution >= 0.6 is 24.0 Å². The number of hydrogen-bond donors (Lipinski definition) is 3. The van der Waals surface area contributed by atoms with Crippen molar-refractivity contribution in [2.75, 3.05) is 32.7 Å². The van der Waals surface area contributed by atoms with Crippen molar-refractivity contribution in [3.63, 3.8) is 0 Å². The lowest BCUT2D eigenvalue weighted by Crippen LogP contribution is -2.44. The largest absolute Gasteiger partial charge is 0.357 e. The molecule has 3 N–H and O–H groups in total. The number of benzene rings is 1. The number of amides is 1. The number of carbonyl (C=O) groups is 1. The molecule has 0 unspecified atom stereocenters. The lowest BCUT2D eigenvalue weighted by Gasteiger charge is -2.32. The Morgan fingerprint density at radius 2 is 1.87 bits per heavy atom. The molecule has 1 aliphatic heterocycles. The molecular formula is C22H37FIN5O. The van der Waals surface area contributed by atoms with Crippen LogP contribution in [-0.4, -0.2) is 55.0 Å². The number of hydrogen-bond acceptors (Lipinski definition) is 3. The molecule has 30 heavy (non-hydrogen) atoms. The van der Waals surface area contributed by atoms with Gasteiger partial charge in [-0.05, 0) is 65.6 Å². The first-order valence-electron chi connectivity index (χ1n) is 10.6. The molecule has 8 heteroatoms. The Bertz CT molecular complexity index is 684. The van der Waals surface area contributed by atoms with Crippen molar-refractivity contribution in [2.45, 2.75) is 52.6 Å². The van der Waals surface area contributed by atoms with Gasteiger partial charge < -0.3 is 16.0 Å². The molecule has 1 fully saturated rings. The highest BCUT2D eigenvalue weighted by atomic mass is 127. The first-order valence-corrected chi connectivity index (χ1v) is 10.6. The van der Waals surface area contributed by atoms with Gasteiger partial charge in [-0.2, -0.15) is 0 Å². The van der Waals surface area contributed by atoms with E-state index in [2.05, 4.69) is 25.8 Å². The normalized spacial score (nSPS) is 16.0. The van der Waals surface area contributed by atoms with E-state index in [4.69, 9.17) is 0 Å². The van der Waals surface area contributed by atoms with Gasteiger partial charge in [0.25, 0.3) is 0 Å². The number of nitrogens with one attached hydrogen (secondary N) is 3. The molecule has 0 atom stereocenters. The average molecular weight is 533 g/mol. The highest BCUT2D eigenvalue weighted by Crippen LogP contribution is 2.19. The van der Waals surface area contributed by atoms with Crippen molar-refractivity contribution in [2.24, 2.45) is 10.9 Å². The molecule has 1 aliphatic rings. The Kier molecular flexibility index (Phi) is 11.6. The number of piperidine rings is 1. The van der Waals surface area contributed by atoms with Crippen LogP contribution in [0.4, 0.5) is 4.39 Å². The van der Waals surface area contributed by atoms with Gasteiger partial charge in [0, 0.05) is 30.7 Å². The highest BCUT2D eigenvalue weighted by Gasteiger charge is 2.20. The van der Waals surface area contributed by atoms with Crippen LogP contribution in [0.2, 0.25) is 0 Å². The van der Waals surface area contributed by atoms with Gasteiger partial charge in [-0.15, -0.1) is 24.0 Å². The Labute approximate surface area is 197 Å². The maximum Gasteiger partial charge on any atom is 0.242 e. The Balaban J connectivity index is 0.00000450. The second-order valence-electron chi connectivity index (χ2n) is 8.69. The summed E-state index contributed by atoms with van der Waals surface area (Å²) >= 11 is 0. The van der Waals surface area contributed by atoms with Crippen LogP contribution in [0.25, 0.3) is 0 Å². The van der Waals surface area contributed by atoms with Gasteiger partial charge in [-0.3, -0.25) is 9.69 Å². The third-order valence-electron chi connectivity index (χ3n) is 4.86. The van der Waals surface area contributed by atoms with Crippen molar-refractivity contribution in [3.8, 4) is 0 Å². The standard InChI is InChI=1S/C22H36FN5O.HI/c1-5-24-21(26-15-20(29)27-22(2,3)4)25-14-17-10-12-28(13-11-17)16-18-8-6-7-9-19(18)23;/h6-9,17H,5,10-16H2,1-4H3,(H,27,29)(H2,24,25,26);1H. The summed E-state index contributed by atoms with van der Waals surface area (Å²) in [5, 5.41) is 9.47. The van der Waals surface area contributed by atoms with Crippen molar-refractivity contribution in [1.82, 2.24) is 20.9 Å². The Morgan fingerprint density at radius 1 is 1.20 bits per heavy atom. The maximum absolute atomic E-state index is 13.8. The molecule has 1 amide bonds. The van der Waals surface area contributed by atoms with E-state index in [1.807, 2.05) is 39.8 Å². The minimum absolute atomic E-state index is 0. The molecule has 0 bridgehead atoms. The van der Waals surface area contributed by atoms with Crippen molar-refractivity contribution >= 4 is 35.8 Å². The topological polar surface area (TPSA) is 68.8 Å². The SMILES string of the molecule is CCNC(=NCC(=O)NC(C)(C)C)NCC1CCN(Cc2ccccc2F)CC1.I. The van der Waals surface area contributed by atoms with Gasteiger partial charge in [0.2, 0.25) is 5.91 Å². The summed E-state index contributed by atoms with van der Waals surface area (Å²) in [5.74, 6) is 0.999. The molecule has 0 aliphatic carbocycles. The van der Waals surface area contributed by atoms with Gasteiger partial charge in [-0.1, -0.05) is 18.2 Å². The van der Waals surface area contributed by atoms with Gasteiger partial charge in [0.1, 0.15) is 12.4 Å². The van der Waals surface area contributed by atoms with Crippen molar-refractivity contribution in [1.29, 1.82) is 0 Å². The average Bonchev–Trinajstić information content (AvgIpc) is 2.65. The summed E-state index contributed by atoms with van der Waals surface area (Å²) in [4.78, 5) is 18.7. The van der Waals surface area contributed by atoms with Crippen LogP contribution in [0, 0.1) is 11.7 Å². The number of rotatable bonds is 7. The number of likely N-dealkylation sites (tertiary alicyclic amines) is 1. The quantitative estimate of drug-likeness (QED) is 0.286. The number of nitrogens with zero attached hydrogens (tertiary/aromatic N) is 2. The van der Waals surface area contributed by atoms with Gasteiger partial charge in [0.05, 0.1) is 0 Å². The van der Waals surface area contributed by atoms with E-state index in [1.54, 1.807) is 6.07 Å². The molecular weight excluding hydrogens is 496 g/mol. The van der Waals surface area contributed by atoms with Crippen molar-refractivity contribution < 1.29 is 9.18 Å². The maximum atomic E-state index is 13.8. The molecule has 1 aromatic rings. The molecule has 0 spiro atoms. The lowest BCUT2D eigenvalue weighted by molar-refractivity contribution is -0.121. The predicted octanol–water partition coefficient (Wildman–Crippen LogP) is 3.13. The monoisotopic (exact) mass is 533 g/mol. The fourth-order valence-corrected chi connectivity index (χ4v) is 3.41. The molecule has 0 aromatic heterocycles. The first-order chi connectivity index (χ1) is 13.8. The number of carbonyl (C=O) groups excluding carboxylic acids is 1. The summed E-state index contributed by atoms with van der Waals surface area (Å²) in [6.07, 6.45) is 2.12. The second kappa shape index (κ2) is 13.1. The van der Waals surface area contributed by atoms with E-state index in [9.17, 15) is 9.18 Å². The molecule has 1 saturated heterocycles. The second-order valence-corrected chi connectivity index (χ2v) is 8.69. The highest BCUT2D eigenvalue weighted by molar-refractivity contribution is 14.0. The van der Waals surface area contributed by atoms with E-state index in [0.717, 1.165) is 44.6 Å². The number of guanidine groups is 1. The minimum Gasteiger partial charge on any atom is -0.357 e. The van der Waals surface area contributed by atoms with Crippen LogP contribution in [0.15, 0.2) is 29.3 Å². The number of aliphatic imine (C=N–C) groups is 1. The fraction of sp³-hybridized carbons (Fsp3) is 0.636. The van der Waals surface area contributed by atoms with E-state index in [-0.39, 0.29) is 47.8 Å². The minimum atomic E-state index is -0.255. The zero-order valence-corrected chi connectivity index (χ0v) is 21.0. The van der Waals surface area contributed by atoms with Crippen LogP contribution < -0.4 is 16.0 Å². The summed E-state index contributed by atoms with van der Waals surface area (Å²) in [7, 11) is 0. The molecule has 2 rings (SSSR count). The van der Waals surface area contributed by atoms with Crippen LogP contribution in [0.3, 0.4) is 0 Å². The van der Waals surface area contributed by atoms with Crippen LogP contribution in [0.1, 0.15) is 46.1 Å². The molecule has 0 radical (unpaired) electrons. The number of halogens is 2. The van der Waals surface area contributed by atoms with E-state index < -0.39 is 0 Å². The Hall–Kier alpha value is -1.42. The fourth-order valence-electron chi connectivity index (χ4n) is 3.41. The summed E-state index contributed by atoms with van der Waals surface area (Å²) in [5.41, 5.74) is 0.508. The van der Waals surface area contributed by atoms with Gasteiger partial charge >= 0.3 is 0 Å². The third kappa shape index (κ3) is 10.1. The smallest absolute Gasteiger partial charge is 0.242 e. The summed E-state index contributed by atoms with van der Waals surface area (Å²) < 4.78 is 13.8. The third-order valence-corrected chi connectivity index (χ3v) is 4.86. The molecule has 6 nitrogen and oxygen atoms in total. The van der Waals surface area contributed by atoms with E-state index >= 15 is 0 Å². The van der Waals surface area contributed by atoms with Gasteiger partial charge in [-0.25, -0.2) is 9.38 Å². The predicted molar refractivity (Wildman–Crippen MR) is 132 cm³/mol. The lowest BCUT2D eigenvalue weighted by atomic mass is 9.96. The van der Waals surface area contributed by atoms with Crippen molar-refractivity contribution in [3.05, 3.63) is 35.6 Å². The zero-order valence-electron chi connectivity index (χ0n) is 18.6. The molecule has 0 saturated carbocycles. The summed E-state index contributed by atoms with van der Waals surface area (Å²) in [6.45, 7) is 12.1.